The molecule has 3 aliphatic rings. The molecule has 172 valence electrons. The van der Waals surface area contributed by atoms with Gasteiger partial charge in [-0.15, -0.1) is 0 Å². The molecule has 6 heteroatoms. The highest BCUT2D eigenvalue weighted by Gasteiger charge is 2.41. The summed E-state index contributed by atoms with van der Waals surface area (Å²) < 4.78 is 9.01. The average molecular weight is 452 g/mol. The summed E-state index contributed by atoms with van der Waals surface area (Å²) in [6.07, 6.45) is 7.88. The molecule has 0 amide bonds. The van der Waals surface area contributed by atoms with Crippen LogP contribution in [0.5, 0.6) is 5.75 Å². The Hall–Kier alpha value is -3.25. The van der Waals surface area contributed by atoms with Crippen molar-refractivity contribution in [3.8, 4) is 28.4 Å². The van der Waals surface area contributed by atoms with E-state index in [1.165, 1.54) is 36.3 Å². The number of rotatable bonds is 4. The topological polar surface area (TPSA) is 64.9 Å². The van der Waals surface area contributed by atoms with E-state index in [0.29, 0.717) is 12.0 Å². The van der Waals surface area contributed by atoms with E-state index in [2.05, 4.69) is 45.2 Å². The van der Waals surface area contributed by atoms with Crippen LogP contribution in [-0.4, -0.2) is 38.7 Å². The molecule has 1 saturated heterocycles. The van der Waals surface area contributed by atoms with Crippen molar-refractivity contribution in [2.24, 2.45) is 0 Å². The molecule has 7 rings (SSSR count). The van der Waals surface area contributed by atoms with Gasteiger partial charge >= 0.3 is 0 Å². The molecule has 1 saturated carbocycles. The monoisotopic (exact) mass is 451 g/mol. The van der Waals surface area contributed by atoms with Crippen LogP contribution >= 0.6 is 0 Å². The molecule has 0 radical (unpaired) electrons. The zero-order chi connectivity index (χ0) is 22.6. The maximum atomic E-state index is 6.50. The molecule has 5 heterocycles. The van der Waals surface area contributed by atoms with Crippen molar-refractivity contribution in [2.45, 2.75) is 57.1 Å². The Kier molecular flexibility index (Phi) is 4.69. The minimum absolute atomic E-state index is 0.248. The lowest BCUT2D eigenvalue weighted by Crippen LogP contribution is -2.34. The molecule has 2 unspecified atom stereocenters. The first-order valence-corrected chi connectivity index (χ1v) is 12.6. The first kappa shape index (κ1) is 20.2. The predicted octanol–water partition coefficient (Wildman–Crippen LogP) is 5.42. The van der Waals surface area contributed by atoms with Crippen LogP contribution in [-0.2, 0) is 0 Å². The van der Waals surface area contributed by atoms with E-state index in [1.807, 2.05) is 25.3 Å². The number of hydrogen-bond donors (Lipinski definition) is 1. The minimum Gasteiger partial charge on any atom is -0.490 e. The number of imidazole rings is 1. The number of aryl methyl sites for hydroxylation is 1. The van der Waals surface area contributed by atoms with Gasteiger partial charge in [0.05, 0.1) is 16.9 Å². The van der Waals surface area contributed by atoms with Gasteiger partial charge < -0.3 is 14.6 Å². The van der Waals surface area contributed by atoms with Crippen molar-refractivity contribution in [3.63, 3.8) is 0 Å². The first-order valence-electron chi connectivity index (χ1n) is 12.6. The summed E-state index contributed by atoms with van der Waals surface area (Å²) in [6, 6.07) is 15.3. The van der Waals surface area contributed by atoms with Crippen molar-refractivity contribution in [3.05, 3.63) is 60.2 Å². The highest BCUT2D eigenvalue weighted by molar-refractivity contribution is 5.91. The summed E-state index contributed by atoms with van der Waals surface area (Å²) in [5, 5.41) is 4.49. The predicted molar refractivity (Wildman–Crippen MR) is 133 cm³/mol. The van der Waals surface area contributed by atoms with Gasteiger partial charge in [0.1, 0.15) is 23.4 Å². The molecule has 1 N–H and O–H groups in total. The lowest BCUT2D eigenvalue weighted by atomic mass is 10.0. The van der Waals surface area contributed by atoms with Gasteiger partial charge in [0.15, 0.2) is 0 Å². The van der Waals surface area contributed by atoms with E-state index < -0.39 is 0 Å². The van der Waals surface area contributed by atoms with Gasteiger partial charge in [0.2, 0.25) is 0 Å². The summed E-state index contributed by atoms with van der Waals surface area (Å²) in [5.41, 5.74) is 6.29. The molecule has 2 fully saturated rings. The SMILES string of the molecule is Cc1cccc(-c2nc3n(c2-c2ccc4nccc(OC5CCNCC5)c4c2)C2CCC3C2)n1. The third kappa shape index (κ3) is 3.23. The molecule has 2 bridgehead atoms. The van der Waals surface area contributed by atoms with Crippen LogP contribution < -0.4 is 10.1 Å². The standard InChI is InChI=1S/C28H29N5O/c1-17-3-2-4-24(31-17)26-27(33-20-7-5-19(15-20)28(33)32-26)18-6-8-23-22(16-18)25(11-14-30-23)34-21-9-12-29-13-10-21/h2-4,6,8,11,14,16,19-21,29H,5,7,9-10,12-13,15H2,1H3. The number of hydrogen-bond acceptors (Lipinski definition) is 5. The van der Waals surface area contributed by atoms with Gasteiger partial charge in [-0.3, -0.25) is 9.97 Å². The Labute approximate surface area is 199 Å². The quantitative estimate of drug-likeness (QED) is 0.449. The molecule has 1 aromatic carbocycles. The number of nitrogens with zero attached hydrogens (tertiary/aromatic N) is 4. The normalized spacial score (nSPS) is 21.8. The lowest BCUT2D eigenvalue weighted by Gasteiger charge is -2.24. The smallest absolute Gasteiger partial charge is 0.130 e. The zero-order valence-corrected chi connectivity index (χ0v) is 19.5. The molecule has 1 aliphatic carbocycles. The Bertz CT molecular complexity index is 1390. The second-order valence-electron chi connectivity index (χ2n) is 9.97. The zero-order valence-electron chi connectivity index (χ0n) is 19.5. The summed E-state index contributed by atoms with van der Waals surface area (Å²) in [7, 11) is 0. The summed E-state index contributed by atoms with van der Waals surface area (Å²) >= 11 is 0. The van der Waals surface area contributed by atoms with Gasteiger partial charge in [0.25, 0.3) is 0 Å². The Morgan fingerprint density at radius 2 is 1.91 bits per heavy atom. The van der Waals surface area contributed by atoms with Crippen molar-refractivity contribution < 1.29 is 4.74 Å². The highest BCUT2D eigenvalue weighted by atomic mass is 16.5. The fraction of sp³-hybridized carbons (Fsp3) is 0.393. The van der Waals surface area contributed by atoms with E-state index >= 15 is 0 Å². The largest absolute Gasteiger partial charge is 0.490 e. The summed E-state index contributed by atoms with van der Waals surface area (Å²) in [4.78, 5) is 14.7. The van der Waals surface area contributed by atoms with E-state index in [9.17, 15) is 0 Å². The number of pyridine rings is 2. The van der Waals surface area contributed by atoms with E-state index in [0.717, 1.165) is 59.7 Å². The molecular formula is C28H29N5O. The fourth-order valence-electron chi connectivity index (χ4n) is 6.13. The second kappa shape index (κ2) is 7.91. The van der Waals surface area contributed by atoms with Crippen LogP contribution in [0.15, 0.2) is 48.7 Å². The molecule has 2 aliphatic heterocycles. The Morgan fingerprint density at radius 3 is 2.79 bits per heavy atom. The number of fused-ring (bicyclic) bond motifs is 6. The van der Waals surface area contributed by atoms with Crippen LogP contribution in [0.25, 0.3) is 33.5 Å². The van der Waals surface area contributed by atoms with Crippen molar-refractivity contribution in [1.29, 1.82) is 0 Å². The van der Waals surface area contributed by atoms with Crippen LogP contribution in [0.4, 0.5) is 0 Å². The molecule has 3 aromatic heterocycles. The van der Waals surface area contributed by atoms with E-state index in [4.69, 9.17) is 14.7 Å². The minimum atomic E-state index is 0.248. The van der Waals surface area contributed by atoms with Gasteiger partial charge in [0, 0.05) is 34.8 Å². The molecule has 2 atom stereocenters. The molecule has 0 spiro atoms. The van der Waals surface area contributed by atoms with Gasteiger partial charge in [-0.1, -0.05) is 12.1 Å². The Morgan fingerprint density at radius 1 is 1.00 bits per heavy atom. The van der Waals surface area contributed by atoms with Crippen LogP contribution in [0.2, 0.25) is 0 Å². The number of ether oxygens (including phenoxy) is 1. The van der Waals surface area contributed by atoms with E-state index in [-0.39, 0.29) is 6.10 Å². The lowest BCUT2D eigenvalue weighted by molar-refractivity contribution is 0.164. The van der Waals surface area contributed by atoms with E-state index in [1.54, 1.807) is 0 Å². The maximum absolute atomic E-state index is 6.50. The maximum Gasteiger partial charge on any atom is 0.130 e. The molecule has 6 nitrogen and oxygen atoms in total. The van der Waals surface area contributed by atoms with Gasteiger partial charge in [-0.05, 0) is 82.4 Å². The van der Waals surface area contributed by atoms with Crippen LogP contribution in [0, 0.1) is 6.92 Å². The number of benzene rings is 1. The van der Waals surface area contributed by atoms with Crippen molar-refractivity contribution >= 4 is 10.9 Å². The third-order valence-electron chi connectivity index (χ3n) is 7.76. The fourth-order valence-corrected chi connectivity index (χ4v) is 6.13. The van der Waals surface area contributed by atoms with Crippen LogP contribution in [0.3, 0.4) is 0 Å². The van der Waals surface area contributed by atoms with Crippen molar-refractivity contribution in [1.82, 2.24) is 24.8 Å². The van der Waals surface area contributed by atoms with Gasteiger partial charge in [-0.25, -0.2) is 4.98 Å². The number of nitrogens with one attached hydrogen (secondary N) is 1. The molecule has 34 heavy (non-hydrogen) atoms. The average Bonchev–Trinajstić information content (AvgIpc) is 3.58. The number of aromatic nitrogens is 4. The first-order chi connectivity index (χ1) is 16.7. The second-order valence-corrected chi connectivity index (χ2v) is 9.97. The molecular weight excluding hydrogens is 422 g/mol. The third-order valence-corrected chi connectivity index (χ3v) is 7.76. The number of piperidine rings is 1. The van der Waals surface area contributed by atoms with Gasteiger partial charge in [-0.2, -0.15) is 0 Å². The Balaban J connectivity index is 1.39. The van der Waals surface area contributed by atoms with Crippen LogP contribution in [0.1, 0.15) is 55.6 Å². The summed E-state index contributed by atoms with van der Waals surface area (Å²) in [5.74, 6) is 2.74. The summed E-state index contributed by atoms with van der Waals surface area (Å²) in [6.45, 7) is 4.06. The highest BCUT2D eigenvalue weighted by Crippen LogP contribution is 2.52. The molecule has 4 aromatic rings. The van der Waals surface area contributed by atoms with Crippen molar-refractivity contribution in [2.75, 3.05) is 13.1 Å².